The number of aliphatic hydroxyl groups is 2. The Morgan fingerprint density at radius 2 is 1.02 bits per heavy atom. The average Bonchev–Trinajstić information content (AvgIpc) is 1.53. The number of H-pyrrole nitrogens is 2. The van der Waals surface area contributed by atoms with Gasteiger partial charge in [-0.3, -0.25) is 96.0 Å². The molecule has 2 aromatic carbocycles. The van der Waals surface area contributed by atoms with E-state index >= 15 is 0 Å². The van der Waals surface area contributed by atoms with Crippen LogP contribution in [0.3, 0.4) is 0 Å². The summed E-state index contributed by atoms with van der Waals surface area (Å²) in [4.78, 5) is 295. The number of likely N-dealkylation sites (tertiary alicyclic amines) is 1. The van der Waals surface area contributed by atoms with Gasteiger partial charge in [0, 0.05) is 166 Å². The molecule has 3 aliphatic rings. The number of aromatic hydroxyl groups is 1. The Hall–Kier alpha value is -13.4. The number of imide groups is 1. The molecule has 4 aromatic rings. The topological polar surface area (TPSA) is 664 Å². The lowest BCUT2D eigenvalue weighted by Crippen LogP contribution is -2.49. The number of carboxylic acids is 3. The van der Waals surface area contributed by atoms with Crippen LogP contribution in [0.15, 0.2) is 88.9 Å². The molecule has 0 bridgehead atoms. The molecular formula is C87H107N13O28S. The van der Waals surface area contributed by atoms with E-state index in [0.29, 0.717) is 5.39 Å². The Labute approximate surface area is 742 Å². The van der Waals surface area contributed by atoms with Crippen LogP contribution in [-0.4, -0.2) is 245 Å². The first-order chi connectivity index (χ1) is 60.7. The number of carboxylic acid groups (broad SMARTS) is 3. The number of nitrogens with zero attached hydrogens (tertiary/aromatic N) is 3. The van der Waals surface area contributed by atoms with E-state index in [1.807, 2.05) is 0 Å². The van der Waals surface area contributed by atoms with Crippen molar-refractivity contribution in [3.8, 4) is 28.2 Å². The third kappa shape index (κ3) is 29.9. The maximum absolute atomic E-state index is 14.6. The predicted octanol–water partition coefficient (Wildman–Crippen LogP) is 1.54. The van der Waals surface area contributed by atoms with Crippen LogP contribution in [0, 0.1) is 41.4 Å². The molecule has 10 amide bonds. The first-order valence-corrected chi connectivity index (χ1v) is 42.6. The summed E-state index contributed by atoms with van der Waals surface area (Å²) in [5.41, 5.74) is 5.89. The molecule has 2 aromatic heterocycles. The Morgan fingerprint density at radius 3 is 1.53 bits per heavy atom. The van der Waals surface area contributed by atoms with Crippen molar-refractivity contribution in [1.29, 1.82) is 0 Å². The number of aliphatic carboxylic acids is 2. The van der Waals surface area contributed by atoms with E-state index in [1.165, 1.54) is 142 Å². The van der Waals surface area contributed by atoms with Crippen LogP contribution >= 0.6 is 11.8 Å². The standard InChI is InChI=1S/C87H107N13O28S/c1-40(80(119)95-46(7)68(109)32-60(47(8)102)85(124)99-63(28-53-35-89-38-92-53)69(110)26-49(78(88)117)11-18-75(113)114)22-65(106)43(4)96-83(122)52(37-129-73-34-74(112)100(86(73)125)21-20-91-81(120)51-10-15-57(87(126)127)62(25-51)77-58-16-13-55(104)30-71(58)128-72-31-56(105)14-17-59(72)77)27-67(108)45(6)94-79(118)41(2)23-66(107)44(5)97-84(123)61(48(9)103)33-70(111)64(29-54-36-90-39-93-54)98-82(121)50(24-42(3)101)12-19-76(115)116/h10,13-17,25,30-31,35-36,38-41,43-50,52,60-61,63-64,73,102-104H,11-12,18-24,26-29,32-34,37H2,1-9H3,(H2,88,117)(H,89,92)(H,90,93)(H,91,120)(H,94,118)(H,95,119)(H,96,122)(H,97,123)(H,98,121)(H,99,124)(H,113,114)(H,115,116)(H,126,127)/t40-,41-,43+,44+,45+,46+,47+,48+,49+,50+,52+,60-,61-,63-,64-,73?/m0/s1. The number of aromatic nitrogens is 4. The Morgan fingerprint density at radius 1 is 0.543 bits per heavy atom. The van der Waals surface area contributed by atoms with Crippen molar-refractivity contribution in [1.82, 2.24) is 62.1 Å². The number of benzene rings is 3. The first kappa shape index (κ1) is 103. The van der Waals surface area contributed by atoms with Gasteiger partial charge in [-0.15, -0.1) is 11.8 Å². The van der Waals surface area contributed by atoms with Crippen molar-refractivity contribution in [3.63, 3.8) is 0 Å². The second-order valence-corrected chi connectivity index (χ2v) is 33.6. The number of rotatable bonds is 54. The van der Waals surface area contributed by atoms with Crippen LogP contribution in [0.25, 0.3) is 33.4 Å². The lowest BCUT2D eigenvalue weighted by Gasteiger charge is -2.25. The Balaban J connectivity index is 1.01. The molecule has 129 heavy (non-hydrogen) atoms. The number of hydrogen-bond donors (Lipinski definition) is 16. The quantitative estimate of drug-likeness (QED) is 0.0190. The molecule has 16 atom stereocenters. The Bertz CT molecular complexity index is 5240. The minimum atomic E-state index is -1.54. The lowest BCUT2D eigenvalue weighted by molar-refractivity contribution is -0.139. The van der Waals surface area contributed by atoms with Crippen LogP contribution < -0.4 is 48.4 Å². The summed E-state index contributed by atoms with van der Waals surface area (Å²) in [6.07, 6.45) is -4.31. The average molecular weight is 1810 g/mol. The smallest absolute Gasteiger partial charge is 0.336 e. The van der Waals surface area contributed by atoms with E-state index in [1.54, 1.807) is 0 Å². The zero-order valence-electron chi connectivity index (χ0n) is 72.3. The molecule has 0 spiro atoms. The molecule has 17 N–H and O–H groups in total. The van der Waals surface area contributed by atoms with E-state index in [0.717, 1.165) is 16.7 Å². The molecule has 0 radical (unpaired) electrons. The third-order valence-corrected chi connectivity index (χ3v) is 23.4. The summed E-state index contributed by atoms with van der Waals surface area (Å²) in [5, 5.41) is 77.5. The SMILES string of the molecule is CC(=O)C[C@@H](CCC(=O)O)C(=O)N[C@@H](Cc1c[nH]cn1)C(=O)C[C@H](C(=O)N[C@H](C)C(=O)C[C@H](C)C(=O)N[C@H](C)C(=O)C[C@H](CSC1CC(=O)N(CCNC(=O)c2ccc(C(=O)O)c(-c3c4ccc(=O)cc-4oc4cc(O)ccc34)c2)C1=O)C(=O)N[C@H](C)C(=O)C[C@H](C)C(=O)N[C@H](C)C(=O)C[C@H](C(=O)N[C@@H](Cc1c[nH]cn1)C(=O)C[C@@H](CCC(=O)O)C(N)=O)[C@@H](C)O)[C@@H](C)O. The number of carbonyl (C=O) groups excluding carboxylic acids is 17. The van der Waals surface area contributed by atoms with Crippen LogP contribution in [0.4, 0.5) is 0 Å². The number of phenolic OH excluding ortho intramolecular Hbond substituents is 1. The van der Waals surface area contributed by atoms with Crippen LogP contribution in [0.5, 0.6) is 5.75 Å². The summed E-state index contributed by atoms with van der Waals surface area (Å²) < 4.78 is 5.92. The molecule has 694 valence electrons. The van der Waals surface area contributed by atoms with E-state index in [2.05, 4.69) is 57.2 Å². The second kappa shape index (κ2) is 47.4. The second-order valence-electron chi connectivity index (χ2n) is 32.4. The summed E-state index contributed by atoms with van der Waals surface area (Å²) in [6, 6.07) is 3.15. The van der Waals surface area contributed by atoms with Gasteiger partial charge in [-0.1, -0.05) is 13.8 Å². The highest BCUT2D eigenvalue weighted by Gasteiger charge is 2.42. The van der Waals surface area contributed by atoms with Gasteiger partial charge in [0.25, 0.3) is 5.91 Å². The molecule has 2 aliphatic heterocycles. The summed E-state index contributed by atoms with van der Waals surface area (Å²) >= 11 is 0.778. The fraction of sp³-hybridized carbons (Fsp3) is 0.483. The summed E-state index contributed by atoms with van der Waals surface area (Å²) in [6.45, 7) is 10.5. The van der Waals surface area contributed by atoms with Crippen LogP contribution in [0.2, 0.25) is 0 Å². The lowest BCUT2D eigenvalue weighted by atomic mass is 9.89. The number of aromatic carboxylic acids is 1. The summed E-state index contributed by atoms with van der Waals surface area (Å²) in [5.74, 6) is -27.7. The monoisotopic (exact) mass is 1810 g/mol. The maximum Gasteiger partial charge on any atom is 0.336 e. The van der Waals surface area contributed by atoms with Gasteiger partial charge in [-0.25, -0.2) is 14.8 Å². The highest BCUT2D eigenvalue weighted by molar-refractivity contribution is 8.00. The molecule has 42 heteroatoms. The number of aliphatic hydroxyl groups excluding tert-OH is 2. The number of Topliss-reactive ketones (excluding diaryl/α,β-unsaturated/α-hetero) is 7. The molecule has 41 nitrogen and oxygen atoms in total. The fourth-order valence-electron chi connectivity index (χ4n) is 14.3. The predicted molar refractivity (Wildman–Crippen MR) is 457 cm³/mol. The van der Waals surface area contributed by atoms with E-state index in [9.17, 15) is 131 Å². The van der Waals surface area contributed by atoms with Crippen molar-refractivity contribution >= 4 is 140 Å². The minimum Gasteiger partial charge on any atom is -0.508 e. The largest absolute Gasteiger partial charge is 0.508 e. The number of nitrogens with one attached hydrogen (secondary N) is 9. The zero-order chi connectivity index (χ0) is 95.7. The number of hydrogen-bond acceptors (Lipinski definition) is 28. The highest BCUT2D eigenvalue weighted by Crippen LogP contribution is 2.43. The van der Waals surface area contributed by atoms with Gasteiger partial charge < -0.3 is 92.8 Å². The normalized spacial score (nSPS) is 16.1. The van der Waals surface area contributed by atoms with Gasteiger partial charge >= 0.3 is 17.9 Å². The van der Waals surface area contributed by atoms with Gasteiger partial charge in [0.15, 0.2) is 40.1 Å². The molecule has 7 rings (SSSR count). The number of fused-ring (bicyclic) bond motifs is 2. The fourth-order valence-corrected chi connectivity index (χ4v) is 15.6. The van der Waals surface area contributed by atoms with Crippen LogP contribution in [-0.2, 0) is 99.1 Å². The van der Waals surface area contributed by atoms with Gasteiger partial charge in [0.1, 0.15) is 22.9 Å². The summed E-state index contributed by atoms with van der Waals surface area (Å²) in [7, 11) is 0. The number of carbonyl (C=O) groups is 20. The molecule has 1 unspecified atom stereocenters. The van der Waals surface area contributed by atoms with E-state index < -0.39 is 288 Å². The highest BCUT2D eigenvalue weighted by atomic mass is 32.2. The van der Waals surface area contributed by atoms with Gasteiger partial charge in [-0.2, -0.15) is 0 Å². The number of imidazole rings is 2. The number of ketones is 7. The molecular weight excluding hydrogens is 1710 g/mol. The molecule has 1 saturated heterocycles. The number of nitrogens with two attached hydrogens (primary N) is 1. The number of amides is 10. The number of thioether (sulfide) groups is 1. The first-order valence-electron chi connectivity index (χ1n) is 41.6. The van der Waals surface area contributed by atoms with Gasteiger partial charge in [-0.05, 0) is 109 Å². The van der Waals surface area contributed by atoms with Gasteiger partial charge in [0.2, 0.25) is 53.2 Å². The zero-order valence-corrected chi connectivity index (χ0v) is 73.1. The van der Waals surface area contributed by atoms with Crippen molar-refractivity contribution in [2.75, 3.05) is 18.8 Å². The van der Waals surface area contributed by atoms with E-state index in [-0.39, 0.29) is 94.9 Å². The van der Waals surface area contributed by atoms with Gasteiger partial charge in [0.05, 0.1) is 101 Å². The van der Waals surface area contributed by atoms with Crippen molar-refractivity contribution < 1.29 is 131 Å². The molecule has 1 aliphatic carbocycles. The maximum atomic E-state index is 14.6. The number of primary amides is 1. The number of phenols is 1. The molecule has 4 heterocycles. The molecule has 1 fully saturated rings. The van der Waals surface area contributed by atoms with Crippen molar-refractivity contribution in [2.24, 2.45) is 47.2 Å². The van der Waals surface area contributed by atoms with Crippen molar-refractivity contribution in [3.05, 3.63) is 112 Å². The third-order valence-electron chi connectivity index (χ3n) is 22.1. The van der Waals surface area contributed by atoms with Crippen LogP contribution in [0.1, 0.15) is 171 Å². The van der Waals surface area contributed by atoms with Crippen molar-refractivity contribution in [2.45, 2.75) is 206 Å². The minimum absolute atomic E-state index is 0.0191. The number of aromatic amines is 2. The Kier molecular flexibility index (Phi) is 37.8. The van der Waals surface area contributed by atoms with E-state index in [4.69, 9.17) is 10.2 Å². The molecule has 0 saturated carbocycles.